The summed E-state index contributed by atoms with van der Waals surface area (Å²) in [6.07, 6.45) is -6.75. The fraction of sp³-hybridized carbons (Fsp3) is 0.400. The van der Waals surface area contributed by atoms with Gasteiger partial charge in [-0.1, -0.05) is 48.5 Å². The Morgan fingerprint density at radius 3 is 2.23 bits per heavy atom. The van der Waals surface area contributed by atoms with Gasteiger partial charge in [0.2, 0.25) is 5.91 Å². The van der Waals surface area contributed by atoms with Gasteiger partial charge in [0.05, 0.1) is 12.3 Å². The number of carbonyl (C=O) groups excluding carboxylic acids is 2. The lowest BCUT2D eigenvalue weighted by molar-refractivity contribution is -0.157. The van der Waals surface area contributed by atoms with Crippen LogP contribution in [0.25, 0.3) is 11.1 Å². The molecule has 0 aromatic heterocycles. The van der Waals surface area contributed by atoms with Crippen LogP contribution in [0, 0.1) is 5.92 Å². The van der Waals surface area contributed by atoms with Crippen molar-refractivity contribution < 1.29 is 37.4 Å². The van der Waals surface area contributed by atoms with Crippen molar-refractivity contribution in [3.63, 3.8) is 0 Å². The number of fused-ring (bicyclic) bond motifs is 3. The number of piperidine rings is 1. The van der Waals surface area contributed by atoms with Gasteiger partial charge in [-0.15, -0.1) is 0 Å². The van der Waals surface area contributed by atoms with Crippen LogP contribution in [0.3, 0.4) is 0 Å². The minimum Gasteiger partial charge on any atom is -0.481 e. The highest BCUT2D eigenvalue weighted by atomic mass is 19.4. The predicted molar refractivity (Wildman–Crippen MR) is 120 cm³/mol. The third-order valence-corrected chi connectivity index (χ3v) is 6.45. The first kappa shape index (κ1) is 24.6. The van der Waals surface area contributed by atoms with Crippen LogP contribution in [-0.4, -0.2) is 59.9 Å². The third-order valence-electron chi connectivity index (χ3n) is 6.45. The fourth-order valence-electron chi connectivity index (χ4n) is 4.81. The Bertz CT molecular complexity index is 1070. The molecule has 1 unspecified atom stereocenters. The zero-order chi connectivity index (χ0) is 25.2. The lowest BCUT2D eigenvalue weighted by Gasteiger charge is -2.33. The SMILES string of the molecule is O=C(NC(CC(F)(F)F)C(=O)N1CCC[C@@H](C(=O)O)C1)OCC1c2ccccc2-c2ccccc21. The number of likely N-dealkylation sites (tertiary alicyclic amines) is 1. The summed E-state index contributed by atoms with van der Waals surface area (Å²) in [5.74, 6) is -3.22. The standard InChI is InChI=1S/C25H25F3N2O5/c26-25(27,28)12-21(22(31)30-11-5-6-15(13-30)23(32)33)29-24(34)35-14-20-18-9-3-1-7-16(18)17-8-2-4-10-19(17)20/h1-4,7-10,15,20-21H,5-6,11-14H2,(H,29,34)(H,32,33)/t15-,21?/m1/s1. The van der Waals surface area contributed by atoms with E-state index in [1.807, 2.05) is 48.5 Å². The van der Waals surface area contributed by atoms with E-state index in [4.69, 9.17) is 4.74 Å². The van der Waals surface area contributed by atoms with E-state index in [1.54, 1.807) is 0 Å². The molecule has 4 rings (SSSR count). The lowest BCUT2D eigenvalue weighted by atomic mass is 9.97. The molecule has 1 heterocycles. The van der Waals surface area contributed by atoms with Crippen molar-refractivity contribution >= 4 is 18.0 Å². The minimum atomic E-state index is -4.72. The highest BCUT2D eigenvalue weighted by Crippen LogP contribution is 2.44. The smallest absolute Gasteiger partial charge is 0.407 e. The molecular formula is C25H25F3N2O5. The minimum absolute atomic E-state index is 0.114. The molecule has 1 aliphatic heterocycles. The first-order valence-electron chi connectivity index (χ1n) is 11.3. The van der Waals surface area contributed by atoms with Gasteiger partial charge in [-0.25, -0.2) is 4.79 Å². The molecular weight excluding hydrogens is 465 g/mol. The molecule has 10 heteroatoms. The number of benzene rings is 2. The van der Waals surface area contributed by atoms with Crippen molar-refractivity contribution in [2.45, 2.75) is 37.4 Å². The maximum absolute atomic E-state index is 13.2. The maximum atomic E-state index is 13.2. The van der Waals surface area contributed by atoms with E-state index in [-0.39, 0.29) is 25.6 Å². The molecule has 186 valence electrons. The average Bonchev–Trinajstić information content (AvgIpc) is 3.15. The molecule has 1 aliphatic carbocycles. The molecule has 2 N–H and O–H groups in total. The molecule has 7 nitrogen and oxygen atoms in total. The number of rotatable bonds is 6. The Morgan fingerprint density at radius 2 is 1.66 bits per heavy atom. The highest BCUT2D eigenvalue weighted by Gasteiger charge is 2.40. The zero-order valence-corrected chi connectivity index (χ0v) is 18.8. The molecule has 0 bridgehead atoms. The molecule has 2 aliphatic rings. The molecule has 0 radical (unpaired) electrons. The van der Waals surface area contributed by atoms with Crippen LogP contribution in [0.4, 0.5) is 18.0 Å². The maximum Gasteiger partial charge on any atom is 0.407 e. The Morgan fingerprint density at radius 1 is 1.06 bits per heavy atom. The summed E-state index contributed by atoms with van der Waals surface area (Å²) in [4.78, 5) is 37.7. The van der Waals surface area contributed by atoms with Crippen molar-refractivity contribution in [1.29, 1.82) is 0 Å². The van der Waals surface area contributed by atoms with Crippen LogP contribution in [-0.2, 0) is 14.3 Å². The van der Waals surface area contributed by atoms with Gasteiger partial charge >= 0.3 is 18.2 Å². The van der Waals surface area contributed by atoms with Gasteiger partial charge in [-0.3, -0.25) is 9.59 Å². The van der Waals surface area contributed by atoms with Crippen molar-refractivity contribution in [3.05, 3.63) is 59.7 Å². The molecule has 2 aromatic carbocycles. The monoisotopic (exact) mass is 490 g/mol. The molecule has 2 amide bonds. The second-order valence-corrected chi connectivity index (χ2v) is 8.80. The summed E-state index contributed by atoms with van der Waals surface area (Å²) < 4.78 is 44.9. The highest BCUT2D eigenvalue weighted by molar-refractivity contribution is 5.86. The number of aliphatic carboxylic acids is 1. The summed E-state index contributed by atoms with van der Waals surface area (Å²) in [6.45, 7) is -0.185. The van der Waals surface area contributed by atoms with Gasteiger partial charge in [0.25, 0.3) is 0 Å². The number of hydrogen-bond acceptors (Lipinski definition) is 4. The van der Waals surface area contributed by atoms with Gasteiger partial charge in [0, 0.05) is 19.0 Å². The van der Waals surface area contributed by atoms with E-state index < -0.39 is 42.5 Å². The number of carboxylic acid groups (broad SMARTS) is 1. The second kappa shape index (κ2) is 9.97. The molecule has 2 atom stereocenters. The van der Waals surface area contributed by atoms with Crippen molar-refractivity contribution in [1.82, 2.24) is 10.2 Å². The van der Waals surface area contributed by atoms with E-state index in [9.17, 15) is 32.7 Å². The van der Waals surface area contributed by atoms with Crippen LogP contribution in [0.5, 0.6) is 0 Å². The van der Waals surface area contributed by atoms with Crippen LogP contribution in [0.2, 0.25) is 0 Å². The summed E-state index contributed by atoms with van der Waals surface area (Å²) in [5.41, 5.74) is 3.88. The second-order valence-electron chi connectivity index (χ2n) is 8.80. The summed E-state index contributed by atoms with van der Waals surface area (Å²) in [6, 6.07) is 13.3. The topological polar surface area (TPSA) is 95.9 Å². The van der Waals surface area contributed by atoms with Gasteiger partial charge in [-0.2, -0.15) is 13.2 Å². The number of alkyl halides is 3. The van der Waals surface area contributed by atoms with Crippen LogP contribution in [0.15, 0.2) is 48.5 Å². The van der Waals surface area contributed by atoms with Gasteiger partial charge in [0.1, 0.15) is 12.6 Å². The Balaban J connectivity index is 1.44. The van der Waals surface area contributed by atoms with E-state index in [0.717, 1.165) is 27.2 Å². The van der Waals surface area contributed by atoms with Crippen LogP contribution in [0.1, 0.15) is 36.3 Å². The van der Waals surface area contributed by atoms with E-state index in [0.29, 0.717) is 12.8 Å². The number of hydrogen-bond donors (Lipinski definition) is 2. The normalized spacial score (nSPS) is 18.4. The van der Waals surface area contributed by atoms with Gasteiger partial charge in [-0.05, 0) is 35.1 Å². The molecule has 0 saturated carbocycles. The quantitative estimate of drug-likeness (QED) is 0.634. The summed E-state index contributed by atoms with van der Waals surface area (Å²) in [5, 5.41) is 11.3. The third kappa shape index (κ3) is 5.58. The van der Waals surface area contributed by atoms with E-state index >= 15 is 0 Å². The number of halogens is 3. The first-order valence-corrected chi connectivity index (χ1v) is 11.3. The van der Waals surface area contributed by atoms with Crippen molar-refractivity contribution in [2.24, 2.45) is 5.92 Å². The number of carbonyl (C=O) groups is 3. The number of carboxylic acids is 1. The van der Waals surface area contributed by atoms with Crippen molar-refractivity contribution in [3.8, 4) is 11.1 Å². The molecule has 0 spiro atoms. The predicted octanol–water partition coefficient (Wildman–Crippen LogP) is 4.17. The number of alkyl carbamates (subject to hydrolysis) is 1. The molecule has 2 aromatic rings. The van der Waals surface area contributed by atoms with Crippen LogP contribution < -0.4 is 5.32 Å². The molecule has 1 fully saturated rings. The van der Waals surface area contributed by atoms with Gasteiger partial charge < -0.3 is 20.1 Å². The summed E-state index contributed by atoms with van der Waals surface area (Å²) in [7, 11) is 0. The Labute approximate surface area is 199 Å². The number of ether oxygens (including phenoxy) is 1. The number of nitrogens with zero attached hydrogens (tertiary/aromatic N) is 1. The van der Waals surface area contributed by atoms with Crippen molar-refractivity contribution in [2.75, 3.05) is 19.7 Å². The largest absolute Gasteiger partial charge is 0.481 e. The van der Waals surface area contributed by atoms with Gasteiger partial charge in [0.15, 0.2) is 0 Å². The number of amides is 2. The zero-order valence-electron chi connectivity index (χ0n) is 18.8. The van der Waals surface area contributed by atoms with Crippen LogP contribution >= 0.6 is 0 Å². The van der Waals surface area contributed by atoms with E-state index in [1.165, 1.54) is 0 Å². The molecule has 35 heavy (non-hydrogen) atoms. The Hall–Kier alpha value is -3.56. The first-order chi connectivity index (χ1) is 16.6. The lowest BCUT2D eigenvalue weighted by Crippen LogP contribution is -2.53. The molecule has 1 saturated heterocycles. The fourth-order valence-corrected chi connectivity index (χ4v) is 4.81. The Kier molecular flexibility index (Phi) is 7.00. The average molecular weight is 490 g/mol. The summed E-state index contributed by atoms with van der Waals surface area (Å²) >= 11 is 0. The number of nitrogens with one attached hydrogen (secondary N) is 1. The van der Waals surface area contributed by atoms with E-state index in [2.05, 4.69) is 5.32 Å².